The van der Waals surface area contributed by atoms with Gasteiger partial charge >= 0.3 is 0 Å². The number of aryl methyl sites for hydroxylation is 1. The number of benzene rings is 1. The number of rotatable bonds is 6. The van der Waals surface area contributed by atoms with Crippen LogP contribution in [0.2, 0.25) is 0 Å². The molecule has 2 N–H and O–H groups in total. The number of aromatic nitrogens is 3. The van der Waals surface area contributed by atoms with Gasteiger partial charge in [0.1, 0.15) is 5.82 Å². The van der Waals surface area contributed by atoms with Gasteiger partial charge in [-0.05, 0) is 62.4 Å². The van der Waals surface area contributed by atoms with Crippen molar-refractivity contribution in [1.29, 1.82) is 0 Å². The zero-order chi connectivity index (χ0) is 23.2. The molecule has 10 heteroatoms. The van der Waals surface area contributed by atoms with E-state index in [0.29, 0.717) is 23.7 Å². The van der Waals surface area contributed by atoms with Crippen LogP contribution in [0, 0.1) is 6.92 Å². The third-order valence-corrected chi connectivity index (χ3v) is 6.86. The Morgan fingerprint density at radius 1 is 1.06 bits per heavy atom. The first kappa shape index (κ1) is 21.6. The van der Waals surface area contributed by atoms with E-state index in [1.807, 2.05) is 0 Å². The molecule has 5 rings (SSSR count). The Bertz CT molecular complexity index is 1280. The van der Waals surface area contributed by atoms with Crippen LogP contribution in [0.15, 0.2) is 48.8 Å². The van der Waals surface area contributed by atoms with Gasteiger partial charge in [0.05, 0.1) is 11.9 Å². The fourth-order valence-electron chi connectivity index (χ4n) is 4.72. The van der Waals surface area contributed by atoms with Crippen molar-refractivity contribution in [3.8, 4) is 11.3 Å². The van der Waals surface area contributed by atoms with Crippen molar-refractivity contribution in [3.63, 3.8) is 0 Å². The molecule has 0 amide bonds. The van der Waals surface area contributed by atoms with Gasteiger partial charge < -0.3 is 10.2 Å². The van der Waals surface area contributed by atoms with Crippen LogP contribution >= 0.6 is 0 Å². The minimum Gasteiger partial charge on any atom is -0.365 e. The third kappa shape index (κ3) is 4.62. The highest BCUT2D eigenvalue weighted by Gasteiger charge is 2.41. The van der Waals surface area contributed by atoms with E-state index in [9.17, 15) is 8.42 Å². The zero-order valence-electron chi connectivity index (χ0n) is 18.9. The molecule has 2 fully saturated rings. The summed E-state index contributed by atoms with van der Waals surface area (Å²) in [5, 5.41) is 3.30. The Balaban J connectivity index is 1.30. The number of likely N-dealkylation sites (tertiary alicyclic amines) is 1. The molecule has 0 spiro atoms. The molecule has 2 unspecified atom stereocenters. The lowest BCUT2D eigenvalue weighted by molar-refractivity contribution is 0.292. The number of sulfonamides is 1. The molecule has 2 bridgehead atoms. The molecule has 3 aromatic rings. The second kappa shape index (κ2) is 8.27. The quantitative estimate of drug-likeness (QED) is 0.573. The fourth-order valence-corrected chi connectivity index (χ4v) is 5.22. The number of hydrogen-bond donors (Lipinski definition) is 2. The highest BCUT2D eigenvalue weighted by atomic mass is 32.2. The minimum atomic E-state index is -3.37. The smallest absolute Gasteiger partial charge is 0.230 e. The summed E-state index contributed by atoms with van der Waals surface area (Å²) >= 11 is 0. The van der Waals surface area contributed by atoms with Gasteiger partial charge in [0.15, 0.2) is 0 Å². The molecule has 1 aromatic carbocycles. The standard InChI is InChI=1S/C23H27N7O2S/c1-15-10-17(5-6-21(15)30-14-18-11-19(30)13-29(18)2)26-23-24-9-8-20(27-23)16-4-7-22(25-12-16)28-33(3,31)32/h4-10,12,18-19H,11,13-14H2,1-3H3,(H,25,28)(H,24,26,27). The number of nitrogens with one attached hydrogen (secondary N) is 2. The Kier molecular flexibility index (Phi) is 5.41. The van der Waals surface area contributed by atoms with Crippen LogP contribution in [0.25, 0.3) is 11.3 Å². The lowest BCUT2D eigenvalue weighted by Gasteiger charge is -2.34. The van der Waals surface area contributed by atoms with Crippen LogP contribution in [0.1, 0.15) is 12.0 Å². The first-order chi connectivity index (χ1) is 15.7. The van der Waals surface area contributed by atoms with Crippen molar-refractivity contribution in [2.45, 2.75) is 25.4 Å². The number of fused-ring (bicyclic) bond motifs is 2. The average molecular weight is 466 g/mol. The fraction of sp³-hybridized carbons (Fsp3) is 0.348. The number of likely N-dealkylation sites (N-methyl/N-ethyl adjacent to an activating group) is 1. The number of anilines is 4. The van der Waals surface area contributed by atoms with Crippen LogP contribution in [0.4, 0.5) is 23.1 Å². The first-order valence-electron chi connectivity index (χ1n) is 10.9. The Morgan fingerprint density at radius 3 is 2.55 bits per heavy atom. The van der Waals surface area contributed by atoms with Crippen LogP contribution in [-0.4, -0.2) is 66.7 Å². The lowest BCUT2D eigenvalue weighted by Crippen LogP contribution is -2.44. The van der Waals surface area contributed by atoms with Crippen molar-refractivity contribution in [2.75, 3.05) is 41.3 Å². The molecular formula is C23H27N7O2S. The van der Waals surface area contributed by atoms with Gasteiger partial charge in [0, 0.05) is 54.5 Å². The van der Waals surface area contributed by atoms with Crippen molar-refractivity contribution < 1.29 is 8.42 Å². The summed E-state index contributed by atoms with van der Waals surface area (Å²) in [6, 6.07) is 12.8. The topological polar surface area (TPSA) is 103 Å². The molecule has 2 saturated heterocycles. The maximum absolute atomic E-state index is 11.4. The van der Waals surface area contributed by atoms with E-state index in [4.69, 9.17) is 0 Å². The van der Waals surface area contributed by atoms with Gasteiger partial charge in [-0.25, -0.2) is 23.4 Å². The van der Waals surface area contributed by atoms with Gasteiger partial charge in [-0.2, -0.15) is 0 Å². The molecule has 0 radical (unpaired) electrons. The average Bonchev–Trinajstić information content (AvgIpc) is 3.33. The van der Waals surface area contributed by atoms with Crippen molar-refractivity contribution >= 4 is 33.2 Å². The number of hydrogen-bond acceptors (Lipinski definition) is 8. The Labute approximate surface area is 193 Å². The molecule has 2 aliphatic heterocycles. The molecule has 33 heavy (non-hydrogen) atoms. The first-order valence-corrected chi connectivity index (χ1v) is 12.8. The van der Waals surface area contributed by atoms with Gasteiger partial charge in [0.25, 0.3) is 0 Å². The number of nitrogens with zero attached hydrogens (tertiary/aromatic N) is 5. The van der Waals surface area contributed by atoms with Crippen LogP contribution in [-0.2, 0) is 10.0 Å². The summed E-state index contributed by atoms with van der Waals surface area (Å²) in [5.41, 5.74) is 4.91. The molecule has 0 aliphatic carbocycles. The van der Waals surface area contributed by atoms with Crippen LogP contribution < -0.4 is 14.9 Å². The highest BCUT2D eigenvalue weighted by molar-refractivity contribution is 7.92. The SMILES string of the molecule is Cc1cc(Nc2nccc(-c3ccc(NS(C)(=O)=O)nc3)n2)ccc1N1CC2CC1CN2C. The lowest BCUT2D eigenvalue weighted by atomic mass is 10.1. The highest BCUT2D eigenvalue weighted by Crippen LogP contribution is 2.36. The summed E-state index contributed by atoms with van der Waals surface area (Å²) in [7, 11) is -1.15. The third-order valence-electron chi connectivity index (χ3n) is 6.28. The van der Waals surface area contributed by atoms with E-state index >= 15 is 0 Å². The van der Waals surface area contributed by atoms with E-state index in [-0.39, 0.29) is 5.82 Å². The summed E-state index contributed by atoms with van der Waals surface area (Å²) < 4.78 is 25.1. The number of piperazine rings is 1. The van der Waals surface area contributed by atoms with Crippen LogP contribution in [0.3, 0.4) is 0 Å². The number of pyridine rings is 1. The summed E-state index contributed by atoms with van der Waals surface area (Å²) in [5.74, 6) is 0.752. The van der Waals surface area contributed by atoms with E-state index in [0.717, 1.165) is 30.6 Å². The summed E-state index contributed by atoms with van der Waals surface area (Å²) in [6.45, 7) is 4.36. The van der Waals surface area contributed by atoms with Crippen molar-refractivity contribution in [3.05, 3.63) is 54.4 Å². The van der Waals surface area contributed by atoms with Crippen molar-refractivity contribution in [1.82, 2.24) is 19.9 Å². The van der Waals surface area contributed by atoms with E-state index < -0.39 is 10.0 Å². The molecule has 2 aromatic heterocycles. The maximum atomic E-state index is 11.4. The van der Waals surface area contributed by atoms with Gasteiger partial charge in [-0.15, -0.1) is 0 Å². The van der Waals surface area contributed by atoms with Gasteiger partial charge in [0.2, 0.25) is 16.0 Å². The largest absolute Gasteiger partial charge is 0.365 e. The zero-order valence-corrected chi connectivity index (χ0v) is 19.7. The van der Waals surface area contributed by atoms with E-state index in [2.05, 4.69) is 67.0 Å². The van der Waals surface area contributed by atoms with Gasteiger partial charge in [-0.3, -0.25) is 9.62 Å². The normalized spacial score (nSPS) is 20.3. The molecule has 0 saturated carbocycles. The predicted octanol–water partition coefficient (Wildman–Crippen LogP) is 2.85. The van der Waals surface area contributed by atoms with Crippen LogP contribution in [0.5, 0.6) is 0 Å². The Morgan fingerprint density at radius 2 is 1.91 bits per heavy atom. The van der Waals surface area contributed by atoms with Crippen molar-refractivity contribution in [2.24, 2.45) is 0 Å². The maximum Gasteiger partial charge on any atom is 0.230 e. The second-order valence-electron chi connectivity index (χ2n) is 8.83. The molecule has 2 atom stereocenters. The minimum absolute atomic E-state index is 0.266. The summed E-state index contributed by atoms with van der Waals surface area (Å²) in [6.07, 6.45) is 5.61. The van der Waals surface area contributed by atoms with E-state index in [1.165, 1.54) is 17.7 Å². The predicted molar refractivity (Wildman–Crippen MR) is 130 cm³/mol. The second-order valence-corrected chi connectivity index (χ2v) is 10.6. The molecule has 2 aliphatic rings. The van der Waals surface area contributed by atoms with Gasteiger partial charge in [-0.1, -0.05) is 0 Å². The Hall–Kier alpha value is -3.24. The van der Waals surface area contributed by atoms with E-state index in [1.54, 1.807) is 30.6 Å². The molecule has 9 nitrogen and oxygen atoms in total. The molecule has 172 valence electrons. The summed E-state index contributed by atoms with van der Waals surface area (Å²) in [4.78, 5) is 18.1. The molecular weight excluding hydrogens is 438 g/mol. The molecule has 4 heterocycles. The monoisotopic (exact) mass is 465 g/mol.